The minimum absolute atomic E-state index is 0.146. The van der Waals surface area contributed by atoms with Crippen molar-refractivity contribution in [3.8, 4) is 17.3 Å². The van der Waals surface area contributed by atoms with Crippen LogP contribution in [-0.2, 0) is 6.18 Å². The summed E-state index contributed by atoms with van der Waals surface area (Å²) in [6.07, 6.45) is -2.36. The molecule has 0 bridgehead atoms. The molecule has 1 N–H and O–H groups in total. The number of anilines is 1. The molecule has 1 aliphatic heterocycles. The van der Waals surface area contributed by atoms with Crippen LogP contribution in [0.4, 0.5) is 18.9 Å². The monoisotopic (exact) mass is 432 g/mol. The minimum atomic E-state index is -4.48. The average molecular weight is 432 g/mol. The van der Waals surface area contributed by atoms with Crippen LogP contribution in [-0.4, -0.2) is 33.9 Å². The quantitative estimate of drug-likeness (QED) is 0.660. The molecule has 0 aliphatic carbocycles. The second-order valence-corrected chi connectivity index (χ2v) is 7.23. The summed E-state index contributed by atoms with van der Waals surface area (Å²) in [7, 11) is 0. The van der Waals surface area contributed by atoms with Crippen LogP contribution in [0, 0.1) is 0 Å². The zero-order valence-electron chi connectivity index (χ0n) is 16.7. The number of carbonyl (C=O) groups is 1. The van der Waals surface area contributed by atoms with Crippen LogP contribution in [0.2, 0.25) is 0 Å². The van der Waals surface area contributed by atoms with E-state index in [2.05, 4.69) is 15.4 Å². The Bertz CT molecular complexity index is 1110. The number of rotatable bonds is 4. The second-order valence-electron chi connectivity index (χ2n) is 7.23. The van der Waals surface area contributed by atoms with Crippen LogP contribution in [0.1, 0.15) is 41.4 Å². The summed E-state index contributed by atoms with van der Waals surface area (Å²) in [5, 5.41) is 7.00. The summed E-state index contributed by atoms with van der Waals surface area (Å²) in [5.41, 5.74) is 0.490. The van der Waals surface area contributed by atoms with Crippen molar-refractivity contribution < 1.29 is 27.4 Å². The molecule has 2 aromatic heterocycles. The summed E-state index contributed by atoms with van der Waals surface area (Å²) in [5.74, 6) is 0.785. The molecule has 162 valence electrons. The van der Waals surface area contributed by atoms with Gasteiger partial charge in [-0.2, -0.15) is 18.3 Å². The molecule has 3 heterocycles. The molecule has 1 aromatic carbocycles. The van der Waals surface area contributed by atoms with E-state index in [0.29, 0.717) is 41.7 Å². The number of carbonyl (C=O) groups excluding carboxylic acids is 1. The van der Waals surface area contributed by atoms with E-state index >= 15 is 0 Å². The molecule has 0 saturated carbocycles. The molecule has 0 unspecified atom stereocenters. The van der Waals surface area contributed by atoms with E-state index in [-0.39, 0.29) is 11.7 Å². The standard InChI is InChI=1S/C21H19F3N4O3/c1-12(2)19-15(11-26-28(19)18-6-3-13(10-25-18)21(22,23)24)20(29)27-14-4-5-16-17(9-14)31-8-7-30-16/h3-6,9-12H,7-8H2,1-2H3,(H,27,29). The van der Waals surface area contributed by atoms with E-state index in [1.807, 2.05) is 13.8 Å². The number of ether oxygens (including phenoxy) is 2. The first-order valence-electron chi connectivity index (χ1n) is 9.56. The fraction of sp³-hybridized carbons (Fsp3) is 0.286. The Hall–Kier alpha value is -3.56. The van der Waals surface area contributed by atoms with Gasteiger partial charge in [-0.25, -0.2) is 9.67 Å². The van der Waals surface area contributed by atoms with Crippen molar-refractivity contribution in [2.45, 2.75) is 25.9 Å². The molecular weight excluding hydrogens is 413 g/mol. The number of alkyl halides is 3. The van der Waals surface area contributed by atoms with Crippen LogP contribution >= 0.6 is 0 Å². The van der Waals surface area contributed by atoms with E-state index in [1.54, 1.807) is 18.2 Å². The van der Waals surface area contributed by atoms with Gasteiger partial charge in [-0.3, -0.25) is 4.79 Å². The number of fused-ring (bicyclic) bond motifs is 1. The number of pyridine rings is 1. The molecule has 31 heavy (non-hydrogen) atoms. The minimum Gasteiger partial charge on any atom is -0.486 e. The molecule has 10 heteroatoms. The zero-order valence-corrected chi connectivity index (χ0v) is 16.7. The lowest BCUT2D eigenvalue weighted by Crippen LogP contribution is -2.17. The predicted molar refractivity (Wildman–Crippen MR) is 106 cm³/mol. The molecule has 0 saturated heterocycles. The van der Waals surface area contributed by atoms with E-state index in [4.69, 9.17) is 9.47 Å². The molecule has 7 nitrogen and oxygen atoms in total. The summed E-state index contributed by atoms with van der Waals surface area (Å²) in [6, 6.07) is 7.24. The van der Waals surface area contributed by atoms with Crippen molar-refractivity contribution in [1.82, 2.24) is 14.8 Å². The van der Waals surface area contributed by atoms with Crippen LogP contribution in [0.25, 0.3) is 5.82 Å². The highest BCUT2D eigenvalue weighted by Gasteiger charge is 2.31. The molecule has 1 aliphatic rings. The van der Waals surface area contributed by atoms with Crippen molar-refractivity contribution in [1.29, 1.82) is 0 Å². The molecule has 0 radical (unpaired) electrons. The number of halogens is 3. The number of amides is 1. The van der Waals surface area contributed by atoms with Gasteiger partial charge in [0.15, 0.2) is 17.3 Å². The van der Waals surface area contributed by atoms with Gasteiger partial charge < -0.3 is 14.8 Å². The van der Waals surface area contributed by atoms with Gasteiger partial charge in [-0.1, -0.05) is 13.8 Å². The molecule has 0 atom stereocenters. The Morgan fingerprint density at radius 2 is 1.84 bits per heavy atom. The SMILES string of the molecule is CC(C)c1c(C(=O)Nc2ccc3c(c2)OCCO3)cnn1-c1ccc(C(F)(F)F)cn1. The summed E-state index contributed by atoms with van der Waals surface area (Å²) in [4.78, 5) is 16.8. The number of hydrogen-bond donors (Lipinski definition) is 1. The van der Waals surface area contributed by atoms with E-state index < -0.39 is 17.6 Å². The fourth-order valence-electron chi connectivity index (χ4n) is 3.27. The maximum Gasteiger partial charge on any atom is 0.417 e. The Kier molecular flexibility index (Phi) is 5.30. The molecule has 0 fully saturated rings. The van der Waals surface area contributed by atoms with Gasteiger partial charge in [0.25, 0.3) is 5.91 Å². The maximum atomic E-state index is 12.9. The lowest BCUT2D eigenvalue weighted by atomic mass is 10.1. The lowest BCUT2D eigenvalue weighted by Gasteiger charge is -2.19. The second kappa shape index (κ2) is 7.93. The third kappa shape index (κ3) is 4.18. The van der Waals surface area contributed by atoms with Crippen molar-refractivity contribution in [3.63, 3.8) is 0 Å². The number of benzene rings is 1. The van der Waals surface area contributed by atoms with Crippen molar-refractivity contribution >= 4 is 11.6 Å². The van der Waals surface area contributed by atoms with E-state index in [1.165, 1.54) is 16.9 Å². The number of nitrogens with zero attached hydrogens (tertiary/aromatic N) is 3. The molecule has 3 aromatic rings. The first-order valence-corrected chi connectivity index (χ1v) is 9.56. The summed E-state index contributed by atoms with van der Waals surface area (Å²) < 4.78 is 50.8. The van der Waals surface area contributed by atoms with Crippen LogP contribution in [0.3, 0.4) is 0 Å². The lowest BCUT2D eigenvalue weighted by molar-refractivity contribution is -0.137. The van der Waals surface area contributed by atoms with Gasteiger partial charge in [0.1, 0.15) is 13.2 Å². The summed E-state index contributed by atoms with van der Waals surface area (Å²) in [6.45, 7) is 4.61. The number of aromatic nitrogens is 3. The average Bonchev–Trinajstić information content (AvgIpc) is 3.19. The van der Waals surface area contributed by atoms with Gasteiger partial charge in [-0.05, 0) is 30.2 Å². The van der Waals surface area contributed by atoms with Crippen LogP contribution < -0.4 is 14.8 Å². The largest absolute Gasteiger partial charge is 0.486 e. The summed E-state index contributed by atoms with van der Waals surface area (Å²) >= 11 is 0. The normalized spacial score (nSPS) is 13.4. The van der Waals surface area contributed by atoms with Crippen molar-refractivity contribution in [2.75, 3.05) is 18.5 Å². The van der Waals surface area contributed by atoms with Crippen molar-refractivity contribution in [2.24, 2.45) is 0 Å². The van der Waals surface area contributed by atoms with Gasteiger partial charge in [0.2, 0.25) is 0 Å². The molecule has 4 rings (SSSR count). The zero-order chi connectivity index (χ0) is 22.2. The van der Waals surface area contributed by atoms with Gasteiger partial charge in [-0.15, -0.1) is 0 Å². The fourth-order valence-corrected chi connectivity index (χ4v) is 3.27. The van der Waals surface area contributed by atoms with E-state index in [9.17, 15) is 18.0 Å². The van der Waals surface area contributed by atoms with Crippen LogP contribution in [0.15, 0.2) is 42.7 Å². The Balaban J connectivity index is 1.62. The maximum absolute atomic E-state index is 12.9. The first kappa shape index (κ1) is 20.7. The first-order chi connectivity index (χ1) is 14.7. The Labute approximate surface area is 175 Å². The molecule has 1 amide bonds. The highest BCUT2D eigenvalue weighted by atomic mass is 19.4. The Morgan fingerprint density at radius 3 is 2.48 bits per heavy atom. The topological polar surface area (TPSA) is 78.3 Å². The van der Waals surface area contributed by atoms with Gasteiger partial charge >= 0.3 is 6.18 Å². The highest BCUT2D eigenvalue weighted by molar-refractivity contribution is 6.05. The van der Waals surface area contributed by atoms with Crippen LogP contribution in [0.5, 0.6) is 11.5 Å². The van der Waals surface area contributed by atoms with Gasteiger partial charge in [0, 0.05) is 18.0 Å². The predicted octanol–water partition coefficient (Wildman–Crippen LogP) is 4.43. The third-order valence-electron chi connectivity index (χ3n) is 4.69. The number of hydrogen-bond acceptors (Lipinski definition) is 5. The molecular formula is C21H19F3N4O3. The highest BCUT2D eigenvalue weighted by Crippen LogP contribution is 2.33. The number of nitrogens with one attached hydrogen (secondary N) is 1. The Morgan fingerprint density at radius 1 is 1.10 bits per heavy atom. The van der Waals surface area contributed by atoms with E-state index in [0.717, 1.165) is 12.3 Å². The van der Waals surface area contributed by atoms with Gasteiger partial charge in [0.05, 0.1) is 23.0 Å². The molecule has 0 spiro atoms. The van der Waals surface area contributed by atoms with Crippen molar-refractivity contribution in [3.05, 3.63) is 59.5 Å². The smallest absolute Gasteiger partial charge is 0.417 e. The third-order valence-corrected chi connectivity index (χ3v) is 4.69.